The SMILES string of the molecule is c1ccc(CNc2nc(Nc3nccs3)nc3ccccc23)cc1. The number of nitrogens with one attached hydrogen (secondary N) is 2. The van der Waals surface area contributed by atoms with Crippen LogP contribution in [0.15, 0.2) is 66.2 Å². The molecule has 6 heteroatoms. The van der Waals surface area contributed by atoms with Gasteiger partial charge in [-0.05, 0) is 17.7 Å². The summed E-state index contributed by atoms with van der Waals surface area (Å²) in [7, 11) is 0. The summed E-state index contributed by atoms with van der Waals surface area (Å²) in [4.78, 5) is 13.4. The molecule has 0 atom stereocenters. The van der Waals surface area contributed by atoms with Gasteiger partial charge in [0, 0.05) is 23.5 Å². The molecular weight excluding hydrogens is 318 g/mol. The molecule has 0 aliphatic rings. The maximum absolute atomic E-state index is 4.62. The van der Waals surface area contributed by atoms with E-state index in [1.165, 1.54) is 16.9 Å². The van der Waals surface area contributed by atoms with E-state index in [9.17, 15) is 0 Å². The lowest BCUT2D eigenvalue weighted by Crippen LogP contribution is -2.05. The van der Waals surface area contributed by atoms with Gasteiger partial charge in [-0.2, -0.15) is 4.98 Å². The van der Waals surface area contributed by atoms with Crippen LogP contribution in [-0.4, -0.2) is 15.0 Å². The maximum atomic E-state index is 4.62. The molecule has 5 nitrogen and oxygen atoms in total. The number of hydrogen-bond acceptors (Lipinski definition) is 6. The number of para-hydroxylation sites is 1. The molecule has 0 saturated heterocycles. The fraction of sp³-hybridized carbons (Fsp3) is 0.0556. The van der Waals surface area contributed by atoms with E-state index in [1.807, 2.05) is 47.8 Å². The van der Waals surface area contributed by atoms with Gasteiger partial charge in [0.15, 0.2) is 5.13 Å². The predicted octanol–water partition coefficient (Wildman–Crippen LogP) is 4.44. The zero-order valence-corrected chi connectivity index (χ0v) is 13.6. The molecular formula is C18H15N5S. The third-order valence-corrected chi connectivity index (χ3v) is 4.25. The summed E-state index contributed by atoms with van der Waals surface area (Å²) in [6.07, 6.45) is 1.75. The first-order valence-electron chi connectivity index (χ1n) is 7.59. The fourth-order valence-corrected chi connectivity index (χ4v) is 2.95. The first kappa shape index (κ1) is 14.6. The highest BCUT2D eigenvalue weighted by Crippen LogP contribution is 2.24. The number of hydrogen-bond donors (Lipinski definition) is 2. The topological polar surface area (TPSA) is 62.7 Å². The van der Waals surface area contributed by atoms with Crippen LogP contribution in [0.2, 0.25) is 0 Å². The van der Waals surface area contributed by atoms with E-state index in [1.54, 1.807) is 6.20 Å². The standard InChI is InChI=1S/C18H15N5S/c1-2-6-13(7-3-1)12-20-16-14-8-4-5-9-15(14)21-17(22-16)23-18-19-10-11-24-18/h1-11H,12H2,(H2,19,20,21,22,23). The first-order valence-corrected chi connectivity index (χ1v) is 8.47. The van der Waals surface area contributed by atoms with Crippen LogP contribution in [0.4, 0.5) is 16.9 Å². The Balaban J connectivity index is 1.66. The third-order valence-electron chi connectivity index (χ3n) is 3.56. The molecule has 2 heterocycles. The molecule has 4 rings (SSSR count). The Bertz CT molecular complexity index is 938. The first-order chi connectivity index (χ1) is 11.9. The van der Waals surface area contributed by atoms with Crippen molar-refractivity contribution in [2.24, 2.45) is 0 Å². The smallest absolute Gasteiger partial charge is 0.231 e. The molecule has 0 bridgehead atoms. The molecule has 2 aromatic carbocycles. The molecule has 24 heavy (non-hydrogen) atoms. The minimum Gasteiger partial charge on any atom is -0.365 e. The van der Waals surface area contributed by atoms with E-state index in [4.69, 9.17) is 0 Å². The average molecular weight is 333 g/mol. The molecule has 0 unspecified atom stereocenters. The zero-order valence-electron chi connectivity index (χ0n) is 12.8. The highest BCUT2D eigenvalue weighted by molar-refractivity contribution is 7.13. The number of rotatable bonds is 5. The summed E-state index contributed by atoms with van der Waals surface area (Å²) in [5, 5.41) is 10.3. The van der Waals surface area contributed by atoms with Gasteiger partial charge >= 0.3 is 0 Å². The molecule has 118 valence electrons. The van der Waals surface area contributed by atoms with Crippen molar-refractivity contribution in [1.82, 2.24) is 15.0 Å². The van der Waals surface area contributed by atoms with Crippen LogP contribution in [0, 0.1) is 0 Å². The van der Waals surface area contributed by atoms with Gasteiger partial charge in [-0.3, -0.25) is 5.32 Å². The van der Waals surface area contributed by atoms with E-state index < -0.39 is 0 Å². The summed E-state index contributed by atoms with van der Waals surface area (Å²) in [6, 6.07) is 18.2. The van der Waals surface area contributed by atoms with Gasteiger partial charge in [-0.1, -0.05) is 42.5 Å². The Kier molecular flexibility index (Phi) is 4.04. The van der Waals surface area contributed by atoms with Crippen molar-refractivity contribution in [1.29, 1.82) is 0 Å². The van der Waals surface area contributed by atoms with E-state index >= 15 is 0 Å². The molecule has 4 aromatic rings. The number of fused-ring (bicyclic) bond motifs is 1. The Labute approximate surface area is 143 Å². The van der Waals surface area contributed by atoms with Gasteiger partial charge < -0.3 is 5.32 Å². The minimum atomic E-state index is 0.541. The van der Waals surface area contributed by atoms with Gasteiger partial charge in [-0.15, -0.1) is 11.3 Å². The van der Waals surface area contributed by atoms with Crippen molar-refractivity contribution in [2.45, 2.75) is 6.54 Å². The zero-order chi connectivity index (χ0) is 16.2. The molecule has 0 fully saturated rings. The van der Waals surface area contributed by atoms with Crippen molar-refractivity contribution in [3.8, 4) is 0 Å². The molecule has 0 radical (unpaired) electrons. The number of anilines is 3. The lowest BCUT2D eigenvalue weighted by Gasteiger charge is -2.11. The summed E-state index contributed by atoms with van der Waals surface area (Å²) >= 11 is 1.52. The predicted molar refractivity (Wildman–Crippen MR) is 98.7 cm³/mol. The quantitative estimate of drug-likeness (QED) is 0.565. The van der Waals surface area contributed by atoms with Gasteiger partial charge in [-0.25, -0.2) is 9.97 Å². The lowest BCUT2D eigenvalue weighted by molar-refractivity contribution is 1.10. The Morgan fingerprint density at radius 3 is 2.58 bits per heavy atom. The molecule has 0 aliphatic heterocycles. The van der Waals surface area contributed by atoms with Crippen LogP contribution < -0.4 is 10.6 Å². The highest BCUT2D eigenvalue weighted by Gasteiger charge is 2.08. The lowest BCUT2D eigenvalue weighted by atomic mass is 10.2. The highest BCUT2D eigenvalue weighted by atomic mass is 32.1. The molecule has 2 aromatic heterocycles. The van der Waals surface area contributed by atoms with Crippen molar-refractivity contribution >= 4 is 39.1 Å². The fourth-order valence-electron chi connectivity index (χ4n) is 2.43. The maximum Gasteiger partial charge on any atom is 0.231 e. The largest absolute Gasteiger partial charge is 0.365 e. The summed E-state index contributed by atoms with van der Waals surface area (Å²) < 4.78 is 0. The van der Waals surface area contributed by atoms with Crippen LogP contribution in [0.1, 0.15) is 5.56 Å². The van der Waals surface area contributed by atoms with E-state index in [2.05, 4.69) is 37.7 Å². The summed E-state index contributed by atoms with van der Waals surface area (Å²) in [6.45, 7) is 0.707. The third kappa shape index (κ3) is 3.18. The summed E-state index contributed by atoms with van der Waals surface area (Å²) in [5.74, 6) is 1.35. The molecule has 0 spiro atoms. The molecule has 0 saturated carbocycles. The number of nitrogens with zero attached hydrogens (tertiary/aromatic N) is 3. The molecule has 2 N–H and O–H groups in total. The van der Waals surface area contributed by atoms with E-state index in [0.29, 0.717) is 12.5 Å². The average Bonchev–Trinajstić information content (AvgIpc) is 3.13. The van der Waals surface area contributed by atoms with Crippen LogP contribution in [0.3, 0.4) is 0 Å². The van der Waals surface area contributed by atoms with Crippen LogP contribution >= 0.6 is 11.3 Å². The Morgan fingerprint density at radius 2 is 1.75 bits per heavy atom. The minimum absolute atomic E-state index is 0.541. The van der Waals surface area contributed by atoms with Crippen molar-refractivity contribution in [3.63, 3.8) is 0 Å². The van der Waals surface area contributed by atoms with Gasteiger partial charge in [0.1, 0.15) is 5.82 Å². The van der Waals surface area contributed by atoms with Crippen LogP contribution in [0.5, 0.6) is 0 Å². The van der Waals surface area contributed by atoms with Crippen molar-refractivity contribution < 1.29 is 0 Å². The Hall–Kier alpha value is -2.99. The van der Waals surface area contributed by atoms with Gasteiger partial charge in [0.05, 0.1) is 5.52 Å². The number of aromatic nitrogens is 3. The monoisotopic (exact) mass is 333 g/mol. The number of benzene rings is 2. The summed E-state index contributed by atoms with van der Waals surface area (Å²) in [5.41, 5.74) is 2.09. The number of thiazole rings is 1. The van der Waals surface area contributed by atoms with Gasteiger partial charge in [0.2, 0.25) is 5.95 Å². The van der Waals surface area contributed by atoms with E-state index in [-0.39, 0.29) is 0 Å². The molecule has 0 aliphatic carbocycles. The second kappa shape index (κ2) is 6.64. The van der Waals surface area contributed by atoms with Crippen molar-refractivity contribution in [3.05, 3.63) is 71.7 Å². The normalized spacial score (nSPS) is 10.7. The molecule has 0 amide bonds. The Morgan fingerprint density at radius 1 is 0.917 bits per heavy atom. The van der Waals surface area contributed by atoms with E-state index in [0.717, 1.165) is 21.9 Å². The van der Waals surface area contributed by atoms with Crippen molar-refractivity contribution in [2.75, 3.05) is 10.6 Å². The second-order valence-corrected chi connectivity index (χ2v) is 6.11. The van der Waals surface area contributed by atoms with Gasteiger partial charge in [0.25, 0.3) is 0 Å². The second-order valence-electron chi connectivity index (χ2n) is 5.21. The van der Waals surface area contributed by atoms with Crippen LogP contribution in [-0.2, 0) is 6.54 Å². The van der Waals surface area contributed by atoms with Crippen LogP contribution in [0.25, 0.3) is 10.9 Å².